The van der Waals surface area contributed by atoms with Crippen molar-refractivity contribution >= 4 is 11.8 Å². The van der Waals surface area contributed by atoms with E-state index >= 15 is 0 Å². The van der Waals surface area contributed by atoms with Gasteiger partial charge in [0.15, 0.2) is 0 Å². The van der Waals surface area contributed by atoms with Crippen molar-refractivity contribution in [3.63, 3.8) is 0 Å². The molecule has 5 nitrogen and oxygen atoms in total. The Bertz CT molecular complexity index is 718. The molecule has 0 saturated carbocycles. The smallest absolute Gasteiger partial charge is 0.254 e. The third-order valence-electron chi connectivity index (χ3n) is 3.38. The van der Waals surface area contributed by atoms with Crippen LogP contribution >= 0.6 is 0 Å². The third-order valence-corrected chi connectivity index (χ3v) is 3.38. The maximum Gasteiger partial charge on any atom is 0.254 e. The summed E-state index contributed by atoms with van der Waals surface area (Å²) in [6.07, 6.45) is 0.152. The van der Waals surface area contributed by atoms with Gasteiger partial charge in [0.25, 0.3) is 5.91 Å². The van der Waals surface area contributed by atoms with E-state index in [0.717, 1.165) is 0 Å². The molecule has 0 heterocycles. The fourth-order valence-corrected chi connectivity index (χ4v) is 2.20. The topological polar surface area (TPSA) is 81.4 Å². The van der Waals surface area contributed by atoms with E-state index in [1.165, 1.54) is 31.4 Å². The lowest BCUT2D eigenvalue weighted by Crippen LogP contribution is -2.46. The van der Waals surface area contributed by atoms with Crippen LogP contribution < -0.4 is 15.8 Å². The van der Waals surface area contributed by atoms with E-state index in [2.05, 4.69) is 5.32 Å². The lowest BCUT2D eigenvalue weighted by Gasteiger charge is -2.17. The molecule has 1 atom stereocenters. The summed E-state index contributed by atoms with van der Waals surface area (Å²) in [6, 6.07) is 11.6. The number of benzene rings is 2. The fourth-order valence-electron chi connectivity index (χ4n) is 2.20. The van der Waals surface area contributed by atoms with E-state index in [1.54, 1.807) is 24.3 Å². The van der Waals surface area contributed by atoms with E-state index < -0.39 is 23.7 Å². The van der Waals surface area contributed by atoms with Crippen molar-refractivity contribution in [1.82, 2.24) is 5.32 Å². The van der Waals surface area contributed by atoms with Crippen molar-refractivity contribution in [2.75, 3.05) is 7.11 Å². The second-order valence-electron chi connectivity index (χ2n) is 4.92. The van der Waals surface area contributed by atoms with Crippen molar-refractivity contribution in [3.05, 3.63) is 65.5 Å². The van der Waals surface area contributed by atoms with Gasteiger partial charge in [0, 0.05) is 6.42 Å². The van der Waals surface area contributed by atoms with E-state index in [9.17, 15) is 14.0 Å². The van der Waals surface area contributed by atoms with Gasteiger partial charge in [-0.1, -0.05) is 30.3 Å². The number of primary amides is 1. The van der Waals surface area contributed by atoms with Gasteiger partial charge in [-0.2, -0.15) is 0 Å². The van der Waals surface area contributed by atoms with Crippen LogP contribution in [0.5, 0.6) is 5.75 Å². The highest BCUT2D eigenvalue weighted by molar-refractivity contribution is 5.97. The van der Waals surface area contributed by atoms with Crippen molar-refractivity contribution in [3.8, 4) is 5.75 Å². The number of hydrogen-bond acceptors (Lipinski definition) is 3. The van der Waals surface area contributed by atoms with Gasteiger partial charge >= 0.3 is 0 Å². The van der Waals surface area contributed by atoms with Gasteiger partial charge in [-0.15, -0.1) is 0 Å². The predicted octanol–water partition coefficient (Wildman–Crippen LogP) is 1.66. The Morgan fingerprint density at radius 3 is 2.48 bits per heavy atom. The Kier molecular flexibility index (Phi) is 5.30. The van der Waals surface area contributed by atoms with Gasteiger partial charge in [-0.25, -0.2) is 4.39 Å². The minimum absolute atomic E-state index is 0.140. The number of ether oxygens (including phenoxy) is 1. The van der Waals surface area contributed by atoms with Crippen LogP contribution in [-0.4, -0.2) is 25.0 Å². The molecule has 0 bridgehead atoms. The Morgan fingerprint density at radius 1 is 1.17 bits per heavy atom. The van der Waals surface area contributed by atoms with Crippen LogP contribution in [0.2, 0.25) is 0 Å². The molecule has 2 rings (SSSR count). The van der Waals surface area contributed by atoms with E-state index in [0.29, 0.717) is 11.3 Å². The first-order valence-electron chi connectivity index (χ1n) is 6.99. The first-order valence-corrected chi connectivity index (χ1v) is 6.99. The molecule has 2 aromatic carbocycles. The van der Waals surface area contributed by atoms with E-state index in [-0.39, 0.29) is 12.0 Å². The molecule has 0 spiro atoms. The minimum atomic E-state index is -0.974. The van der Waals surface area contributed by atoms with Gasteiger partial charge < -0.3 is 15.8 Å². The molecule has 2 amide bonds. The molecule has 6 heteroatoms. The fraction of sp³-hybridized carbons (Fsp3) is 0.176. The Balaban J connectivity index is 2.18. The van der Waals surface area contributed by atoms with Crippen LogP contribution in [0.1, 0.15) is 15.9 Å². The second-order valence-corrected chi connectivity index (χ2v) is 4.92. The molecule has 0 aromatic heterocycles. The van der Waals surface area contributed by atoms with Gasteiger partial charge in [-0.3, -0.25) is 9.59 Å². The van der Waals surface area contributed by atoms with Crippen molar-refractivity contribution in [1.29, 1.82) is 0 Å². The average Bonchev–Trinajstić information content (AvgIpc) is 2.54. The molecule has 3 N–H and O–H groups in total. The lowest BCUT2D eigenvalue weighted by atomic mass is 10.0. The zero-order chi connectivity index (χ0) is 16.8. The van der Waals surface area contributed by atoms with Crippen LogP contribution in [0.15, 0.2) is 48.5 Å². The van der Waals surface area contributed by atoms with E-state index in [1.807, 2.05) is 0 Å². The van der Waals surface area contributed by atoms with Crippen LogP contribution in [0.4, 0.5) is 4.39 Å². The Morgan fingerprint density at radius 2 is 1.83 bits per heavy atom. The summed E-state index contributed by atoms with van der Waals surface area (Å²) in [5.74, 6) is -1.48. The summed E-state index contributed by atoms with van der Waals surface area (Å²) in [6.45, 7) is 0. The third kappa shape index (κ3) is 4.06. The molecule has 0 fully saturated rings. The molecule has 0 unspecified atom stereocenters. The van der Waals surface area contributed by atoms with Crippen LogP contribution in [-0.2, 0) is 11.2 Å². The second kappa shape index (κ2) is 7.40. The number of carbonyl (C=O) groups is 2. The van der Waals surface area contributed by atoms with Crippen molar-refractivity contribution < 1.29 is 18.7 Å². The largest absolute Gasteiger partial charge is 0.496 e. The summed E-state index contributed by atoms with van der Waals surface area (Å²) >= 11 is 0. The number of nitrogens with two attached hydrogens (primary N) is 1. The SMILES string of the molecule is COc1ccccc1C[C@@H](NC(=O)c1ccccc1F)C(N)=O. The molecule has 120 valence electrons. The number of rotatable bonds is 6. The number of carbonyl (C=O) groups excluding carboxylic acids is 2. The first-order chi connectivity index (χ1) is 11.0. The monoisotopic (exact) mass is 316 g/mol. The number of methoxy groups -OCH3 is 1. The molecular weight excluding hydrogens is 299 g/mol. The number of nitrogens with one attached hydrogen (secondary N) is 1. The summed E-state index contributed by atoms with van der Waals surface area (Å²) < 4.78 is 18.9. The number of halogens is 1. The lowest BCUT2D eigenvalue weighted by molar-refractivity contribution is -0.119. The van der Waals surface area contributed by atoms with Gasteiger partial charge in [0.05, 0.1) is 12.7 Å². The van der Waals surface area contributed by atoms with Crippen LogP contribution in [0, 0.1) is 5.82 Å². The molecular formula is C17H17FN2O3. The van der Waals surface area contributed by atoms with E-state index in [4.69, 9.17) is 10.5 Å². The van der Waals surface area contributed by atoms with Gasteiger partial charge in [0.2, 0.25) is 5.91 Å². The number of hydrogen-bond donors (Lipinski definition) is 2. The standard InChI is InChI=1S/C17H17FN2O3/c1-23-15-9-5-2-6-11(15)10-14(16(19)21)20-17(22)12-7-3-4-8-13(12)18/h2-9,14H,10H2,1H3,(H2,19,21)(H,20,22)/t14-/m1/s1. The molecule has 0 radical (unpaired) electrons. The molecule has 0 saturated heterocycles. The average molecular weight is 316 g/mol. The van der Waals surface area contributed by atoms with Crippen molar-refractivity contribution in [2.45, 2.75) is 12.5 Å². The molecule has 23 heavy (non-hydrogen) atoms. The summed E-state index contributed by atoms with van der Waals surface area (Å²) in [7, 11) is 1.51. The molecule has 0 aliphatic rings. The Labute approximate surface area is 133 Å². The Hall–Kier alpha value is -2.89. The van der Waals surface area contributed by atoms with Crippen molar-refractivity contribution in [2.24, 2.45) is 5.73 Å². The first kappa shape index (κ1) is 16.5. The predicted molar refractivity (Wildman–Crippen MR) is 83.5 cm³/mol. The van der Waals surface area contributed by atoms with Gasteiger partial charge in [0.1, 0.15) is 17.6 Å². The molecule has 0 aliphatic carbocycles. The summed E-state index contributed by atoms with van der Waals surface area (Å²) in [5, 5.41) is 2.46. The molecule has 0 aliphatic heterocycles. The highest BCUT2D eigenvalue weighted by Crippen LogP contribution is 2.19. The normalized spacial score (nSPS) is 11.6. The zero-order valence-electron chi connectivity index (χ0n) is 12.6. The highest BCUT2D eigenvalue weighted by atomic mass is 19.1. The van der Waals surface area contributed by atoms with Gasteiger partial charge in [-0.05, 0) is 23.8 Å². The maximum atomic E-state index is 13.6. The number of para-hydroxylation sites is 1. The zero-order valence-corrected chi connectivity index (χ0v) is 12.6. The quantitative estimate of drug-likeness (QED) is 0.850. The van der Waals surface area contributed by atoms with Crippen LogP contribution in [0.25, 0.3) is 0 Å². The maximum absolute atomic E-state index is 13.6. The number of amides is 2. The molecule has 2 aromatic rings. The van der Waals surface area contributed by atoms with Crippen LogP contribution in [0.3, 0.4) is 0 Å². The summed E-state index contributed by atoms with van der Waals surface area (Å²) in [5.41, 5.74) is 5.93. The highest BCUT2D eigenvalue weighted by Gasteiger charge is 2.22. The summed E-state index contributed by atoms with van der Waals surface area (Å²) in [4.78, 5) is 23.8. The minimum Gasteiger partial charge on any atom is -0.496 e.